The molecule has 19 heavy (non-hydrogen) atoms. The van der Waals surface area contributed by atoms with Crippen LogP contribution in [0.1, 0.15) is 25.7 Å². The van der Waals surface area contributed by atoms with Gasteiger partial charge in [0.2, 0.25) is 5.91 Å². The molecule has 0 spiro atoms. The van der Waals surface area contributed by atoms with Crippen LogP contribution in [0.2, 0.25) is 0 Å². The smallest absolute Gasteiger partial charge is 0.312 e. The molecule has 0 saturated heterocycles. The van der Waals surface area contributed by atoms with Crippen molar-refractivity contribution in [2.24, 2.45) is 5.73 Å². The van der Waals surface area contributed by atoms with Crippen molar-refractivity contribution in [2.45, 2.75) is 25.7 Å². The minimum atomic E-state index is -0.538. The van der Waals surface area contributed by atoms with Gasteiger partial charge in [0, 0.05) is 18.7 Å². The quantitative estimate of drug-likeness (QED) is 0.660. The minimum Gasteiger partial charge on any atom is -0.352 e. The zero-order valence-electron chi connectivity index (χ0n) is 10.6. The number of benzene rings is 1. The first-order valence-corrected chi connectivity index (χ1v) is 6.16. The Morgan fingerprint density at radius 2 is 2.00 bits per heavy atom. The summed E-state index contributed by atoms with van der Waals surface area (Å²) in [6, 6.07) is 5.23. The molecule has 0 heterocycles. The van der Waals surface area contributed by atoms with E-state index in [9.17, 15) is 14.0 Å². The van der Waals surface area contributed by atoms with Crippen LogP contribution >= 0.6 is 0 Å². The molecular formula is C13H18FN3O2. The van der Waals surface area contributed by atoms with Gasteiger partial charge in [-0.1, -0.05) is 12.5 Å². The topological polar surface area (TPSA) is 84.2 Å². The van der Waals surface area contributed by atoms with Gasteiger partial charge in [0.1, 0.15) is 5.82 Å². The van der Waals surface area contributed by atoms with E-state index in [2.05, 4.69) is 10.6 Å². The molecule has 0 aliphatic carbocycles. The molecule has 0 saturated carbocycles. The van der Waals surface area contributed by atoms with Crippen molar-refractivity contribution in [2.75, 3.05) is 11.9 Å². The average molecular weight is 267 g/mol. The highest BCUT2D eigenvalue weighted by Gasteiger charge is 2.03. The predicted molar refractivity (Wildman–Crippen MR) is 71.1 cm³/mol. The van der Waals surface area contributed by atoms with E-state index in [1.54, 1.807) is 12.1 Å². The Balaban J connectivity index is 2.13. The van der Waals surface area contributed by atoms with Gasteiger partial charge in [-0.05, 0) is 31.0 Å². The Kier molecular flexibility index (Phi) is 6.35. The highest BCUT2D eigenvalue weighted by Crippen LogP contribution is 2.10. The van der Waals surface area contributed by atoms with Crippen LogP contribution in [0.25, 0.3) is 0 Å². The van der Waals surface area contributed by atoms with E-state index < -0.39 is 6.03 Å². The molecule has 0 fully saturated rings. The number of rotatable bonds is 7. The fourth-order valence-corrected chi connectivity index (χ4v) is 1.59. The monoisotopic (exact) mass is 267 g/mol. The molecule has 3 amide bonds. The van der Waals surface area contributed by atoms with E-state index >= 15 is 0 Å². The predicted octanol–water partition coefficient (Wildman–Crippen LogP) is 1.99. The summed E-state index contributed by atoms with van der Waals surface area (Å²) >= 11 is 0. The van der Waals surface area contributed by atoms with Gasteiger partial charge in [0.25, 0.3) is 0 Å². The summed E-state index contributed by atoms with van der Waals surface area (Å²) in [5.74, 6) is -0.524. The molecule has 0 aliphatic rings. The van der Waals surface area contributed by atoms with Crippen molar-refractivity contribution in [3.8, 4) is 0 Å². The molecule has 104 valence electrons. The third-order valence-electron chi connectivity index (χ3n) is 2.49. The summed E-state index contributed by atoms with van der Waals surface area (Å²) in [4.78, 5) is 21.9. The summed E-state index contributed by atoms with van der Waals surface area (Å²) in [7, 11) is 0. The first kappa shape index (κ1) is 14.9. The van der Waals surface area contributed by atoms with E-state index in [4.69, 9.17) is 5.73 Å². The number of unbranched alkanes of at least 4 members (excludes halogenated alkanes) is 2. The van der Waals surface area contributed by atoms with Crippen molar-refractivity contribution >= 4 is 17.6 Å². The standard InChI is InChI=1S/C13H18FN3O2/c14-10-5-4-6-11(9-10)17-12(18)7-2-1-3-8-16-13(15)19/h4-6,9H,1-3,7-8H2,(H,17,18)(H3,15,16,19). The van der Waals surface area contributed by atoms with Gasteiger partial charge in [-0.15, -0.1) is 0 Å². The molecule has 1 aromatic rings. The van der Waals surface area contributed by atoms with Gasteiger partial charge in [-0.3, -0.25) is 4.79 Å². The van der Waals surface area contributed by atoms with E-state index in [-0.39, 0.29) is 11.7 Å². The lowest BCUT2D eigenvalue weighted by Gasteiger charge is -2.05. The highest BCUT2D eigenvalue weighted by molar-refractivity contribution is 5.90. The Morgan fingerprint density at radius 3 is 2.68 bits per heavy atom. The normalized spacial score (nSPS) is 9.95. The number of hydrogen-bond donors (Lipinski definition) is 3. The maximum Gasteiger partial charge on any atom is 0.312 e. The first-order chi connectivity index (χ1) is 9.08. The van der Waals surface area contributed by atoms with Crippen LogP contribution in [0.15, 0.2) is 24.3 Å². The molecule has 0 aliphatic heterocycles. The van der Waals surface area contributed by atoms with E-state index in [1.165, 1.54) is 12.1 Å². The van der Waals surface area contributed by atoms with Crippen LogP contribution in [0, 0.1) is 5.82 Å². The second-order valence-electron chi connectivity index (χ2n) is 4.16. The molecule has 1 aromatic carbocycles. The molecule has 0 aromatic heterocycles. The number of urea groups is 1. The van der Waals surface area contributed by atoms with Gasteiger partial charge in [-0.2, -0.15) is 0 Å². The Bertz CT molecular complexity index is 438. The molecule has 1 rings (SSSR count). The third-order valence-corrected chi connectivity index (χ3v) is 2.49. The van der Waals surface area contributed by atoms with Gasteiger partial charge >= 0.3 is 6.03 Å². The fourth-order valence-electron chi connectivity index (χ4n) is 1.59. The number of nitrogens with two attached hydrogens (primary N) is 1. The number of halogens is 1. The maximum atomic E-state index is 12.9. The molecule has 5 nitrogen and oxygen atoms in total. The molecule has 4 N–H and O–H groups in total. The fraction of sp³-hybridized carbons (Fsp3) is 0.385. The van der Waals surface area contributed by atoms with E-state index in [0.29, 0.717) is 25.1 Å². The van der Waals surface area contributed by atoms with Gasteiger partial charge in [0.15, 0.2) is 0 Å². The number of hydrogen-bond acceptors (Lipinski definition) is 2. The van der Waals surface area contributed by atoms with Crippen LogP contribution < -0.4 is 16.4 Å². The summed E-state index contributed by atoms with van der Waals surface area (Å²) in [5, 5.41) is 5.10. The second-order valence-corrected chi connectivity index (χ2v) is 4.16. The van der Waals surface area contributed by atoms with E-state index in [0.717, 1.165) is 12.8 Å². The number of anilines is 1. The molecule has 0 unspecified atom stereocenters. The zero-order valence-corrected chi connectivity index (χ0v) is 10.6. The van der Waals surface area contributed by atoms with Crippen LogP contribution in [-0.4, -0.2) is 18.5 Å². The third kappa shape index (κ3) is 7.03. The van der Waals surface area contributed by atoms with Crippen LogP contribution in [-0.2, 0) is 4.79 Å². The lowest BCUT2D eigenvalue weighted by Crippen LogP contribution is -2.29. The SMILES string of the molecule is NC(=O)NCCCCCC(=O)Nc1cccc(F)c1. The maximum absolute atomic E-state index is 12.9. The lowest BCUT2D eigenvalue weighted by atomic mass is 10.2. The highest BCUT2D eigenvalue weighted by atomic mass is 19.1. The van der Waals surface area contributed by atoms with Crippen LogP contribution in [0.4, 0.5) is 14.9 Å². The molecule has 6 heteroatoms. The number of nitrogens with one attached hydrogen (secondary N) is 2. The number of amides is 3. The van der Waals surface area contributed by atoms with Crippen molar-refractivity contribution in [1.29, 1.82) is 0 Å². The van der Waals surface area contributed by atoms with Crippen LogP contribution in [0.3, 0.4) is 0 Å². The summed E-state index contributed by atoms with van der Waals surface area (Å²) in [6.07, 6.45) is 2.67. The summed E-state index contributed by atoms with van der Waals surface area (Å²) in [5.41, 5.74) is 5.37. The molecular weight excluding hydrogens is 249 g/mol. The Morgan fingerprint density at radius 1 is 1.21 bits per heavy atom. The largest absolute Gasteiger partial charge is 0.352 e. The van der Waals surface area contributed by atoms with E-state index in [1.807, 2.05) is 0 Å². The lowest BCUT2D eigenvalue weighted by molar-refractivity contribution is -0.116. The number of carbonyl (C=O) groups is 2. The Labute approximate surface area is 111 Å². The molecule has 0 atom stereocenters. The van der Waals surface area contributed by atoms with Gasteiger partial charge in [0.05, 0.1) is 0 Å². The van der Waals surface area contributed by atoms with Crippen molar-refractivity contribution < 1.29 is 14.0 Å². The average Bonchev–Trinajstić information content (AvgIpc) is 2.33. The number of primary amides is 1. The zero-order chi connectivity index (χ0) is 14.1. The Hall–Kier alpha value is -2.11. The van der Waals surface area contributed by atoms with Crippen LogP contribution in [0.5, 0.6) is 0 Å². The second kappa shape index (κ2) is 8.07. The molecule has 0 radical (unpaired) electrons. The van der Waals surface area contributed by atoms with Gasteiger partial charge < -0.3 is 16.4 Å². The first-order valence-electron chi connectivity index (χ1n) is 6.16. The van der Waals surface area contributed by atoms with Crippen molar-refractivity contribution in [1.82, 2.24) is 5.32 Å². The molecule has 0 bridgehead atoms. The summed E-state index contributed by atoms with van der Waals surface area (Å²) in [6.45, 7) is 0.515. The van der Waals surface area contributed by atoms with Crippen molar-refractivity contribution in [3.05, 3.63) is 30.1 Å². The van der Waals surface area contributed by atoms with Gasteiger partial charge in [-0.25, -0.2) is 9.18 Å². The summed E-state index contributed by atoms with van der Waals surface area (Å²) < 4.78 is 12.9. The minimum absolute atomic E-state index is 0.145. The van der Waals surface area contributed by atoms with Crippen molar-refractivity contribution in [3.63, 3.8) is 0 Å². The number of carbonyl (C=O) groups excluding carboxylic acids is 2.